The van der Waals surface area contributed by atoms with Crippen LogP contribution in [-0.4, -0.2) is 24.7 Å². The first-order valence-corrected chi connectivity index (χ1v) is 8.19. The number of hydrogen-bond acceptors (Lipinski definition) is 4. The average molecular weight is 359 g/mol. The van der Waals surface area contributed by atoms with Gasteiger partial charge in [-0.05, 0) is 24.3 Å². The van der Waals surface area contributed by atoms with Crippen molar-refractivity contribution in [3.63, 3.8) is 0 Å². The average Bonchev–Trinajstić information content (AvgIpc) is 2.78. The Morgan fingerprint density at radius 2 is 2.15 bits per heavy atom. The van der Waals surface area contributed by atoms with Gasteiger partial charge >= 0.3 is 0 Å². The van der Waals surface area contributed by atoms with Gasteiger partial charge in [0.15, 0.2) is 0 Å². The molecule has 2 rings (SSSR count). The third-order valence-corrected chi connectivity index (χ3v) is 4.87. The number of rotatable bonds is 5. The predicted molar refractivity (Wildman–Crippen MR) is 80.7 cm³/mol. The monoisotopic (exact) mass is 358 g/mol. The molecule has 0 radical (unpaired) electrons. The Morgan fingerprint density at radius 3 is 2.80 bits per heavy atom. The van der Waals surface area contributed by atoms with Crippen molar-refractivity contribution in [2.45, 2.75) is 11.3 Å². The highest BCUT2D eigenvalue weighted by molar-refractivity contribution is 9.10. The van der Waals surface area contributed by atoms with Gasteiger partial charge in [-0.1, -0.05) is 15.9 Å². The third kappa shape index (κ3) is 3.38. The highest BCUT2D eigenvalue weighted by atomic mass is 79.9. The Bertz CT molecular complexity index is 712. The maximum atomic E-state index is 12.2. The predicted octanol–water partition coefficient (Wildman–Crippen LogP) is 1.29. The second-order valence-corrected chi connectivity index (χ2v) is 6.93. The van der Waals surface area contributed by atoms with Crippen LogP contribution in [0.1, 0.15) is 5.69 Å². The molecule has 0 saturated heterocycles. The largest absolute Gasteiger partial charge is 0.398 e. The summed E-state index contributed by atoms with van der Waals surface area (Å²) in [6.45, 7) is 0.286. The molecule has 1 aromatic heterocycles. The van der Waals surface area contributed by atoms with Crippen LogP contribution in [0.5, 0.6) is 0 Å². The van der Waals surface area contributed by atoms with Gasteiger partial charge in [-0.2, -0.15) is 5.10 Å². The maximum Gasteiger partial charge on any atom is 0.242 e. The van der Waals surface area contributed by atoms with Crippen molar-refractivity contribution in [2.24, 2.45) is 7.05 Å². The third-order valence-electron chi connectivity index (χ3n) is 2.86. The molecule has 0 atom stereocenters. The minimum Gasteiger partial charge on any atom is -0.398 e. The Kier molecular flexibility index (Phi) is 4.46. The zero-order valence-corrected chi connectivity index (χ0v) is 13.3. The summed E-state index contributed by atoms with van der Waals surface area (Å²) in [5.41, 5.74) is 6.89. The topological polar surface area (TPSA) is 90.0 Å². The van der Waals surface area contributed by atoms with Crippen LogP contribution in [0.25, 0.3) is 0 Å². The number of aromatic nitrogens is 2. The molecule has 2 aromatic rings. The van der Waals surface area contributed by atoms with E-state index in [1.54, 1.807) is 23.0 Å². The Balaban J connectivity index is 2.08. The van der Waals surface area contributed by atoms with E-state index in [0.29, 0.717) is 10.9 Å². The van der Waals surface area contributed by atoms with Crippen molar-refractivity contribution in [2.75, 3.05) is 12.3 Å². The van der Waals surface area contributed by atoms with E-state index in [2.05, 4.69) is 25.8 Å². The van der Waals surface area contributed by atoms with Crippen LogP contribution in [0, 0.1) is 0 Å². The van der Waals surface area contributed by atoms with Crippen LogP contribution in [0.4, 0.5) is 5.69 Å². The van der Waals surface area contributed by atoms with Crippen molar-refractivity contribution < 1.29 is 8.42 Å². The molecular formula is C12H15BrN4O2S. The molecular weight excluding hydrogens is 344 g/mol. The molecule has 108 valence electrons. The summed E-state index contributed by atoms with van der Waals surface area (Å²) in [4.78, 5) is 0.0804. The van der Waals surface area contributed by atoms with Crippen molar-refractivity contribution in [1.82, 2.24) is 14.5 Å². The van der Waals surface area contributed by atoms with Crippen LogP contribution >= 0.6 is 15.9 Å². The molecule has 20 heavy (non-hydrogen) atoms. The van der Waals surface area contributed by atoms with Gasteiger partial charge in [0, 0.05) is 36.4 Å². The van der Waals surface area contributed by atoms with E-state index < -0.39 is 10.0 Å². The Labute approximate surface area is 126 Å². The molecule has 6 nitrogen and oxygen atoms in total. The lowest BCUT2D eigenvalue weighted by atomic mass is 10.3. The van der Waals surface area contributed by atoms with Gasteiger partial charge in [-0.3, -0.25) is 4.68 Å². The van der Waals surface area contributed by atoms with E-state index in [4.69, 9.17) is 5.73 Å². The van der Waals surface area contributed by atoms with Crippen LogP contribution in [-0.2, 0) is 23.5 Å². The summed E-state index contributed by atoms with van der Waals surface area (Å²) >= 11 is 3.24. The zero-order valence-electron chi connectivity index (χ0n) is 10.9. The number of aryl methyl sites for hydroxylation is 1. The van der Waals surface area contributed by atoms with E-state index in [-0.39, 0.29) is 17.1 Å². The molecule has 1 aromatic carbocycles. The summed E-state index contributed by atoms with van der Waals surface area (Å²) in [6.07, 6.45) is 2.24. The lowest BCUT2D eigenvalue weighted by Crippen LogP contribution is -2.27. The number of hydrogen-bond donors (Lipinski definition) is 2. The standard InChI is InChI=1S/C12H15BrN4O2S/c1-17-10(4-6-15-17)5-7-16-20(18,19)12-8-9(13)2-3-11(12)14/h2-4,6,8,16H,5,7,14H2,1H3. The van der Waals surface area contributed by atoms with Crippen molar-refractivity contribution in [3.8, 4) is 0 Å². The second-order valence-electron chi connectivity index (χ2n) is 4.28. The van der Waals surface area contributed by atoms with Gasteiger partial charge in [-0.25, -0.2) is 13.1 Å². The second kappa shape index (κ2) is 5.94. The highest BCUT2D eigenvalue weighted by Gasteiger charge is 2.17. The molecule has 0 aliphatic rings. The fraction of sp³-hybridized carbons (Fsp3) is 0.250. The number of sulfonamides is 1. The van der Waals surface area contributed by atoms with Gasteiger partial charge in [-0.15, -0.1) is 0 Å². The molecule has 0 unspecified atom stereocenters. The van der Waals surface area contributed by atoms with Crippen molar-refractivity contribution in [3.05, 3.63) is 40.6 Å². The van der Waals surface area contributed by atoms with Gasteiger partial charge in [0.2, 0.25) is 10.0 Å². The van der Waals surface area contributed by atoms with E-state index in [1.807, 2.05) is 13.1 Å². The molecule has 0 saturated carbocycles. The van der Waals surface area contributed by atoms with Crippen molar-refractivity contribution >= 4 is 31.6 Å². The zero-order chi connectivity index (χ0) is 14.8. The molecule has 3 N–H and O–H groups in total. The molecule has 0 bridgehead atoms. The lowest BCUT2D eigenvalue weighted by molar-refractivity contribution is 0.580. The number of nitrogens with one attached hydrogen (secondary N) is 1. The first-order valence-electron chi connectivity index (χ1n) is 5.92. The molecule has 0 amide bonds. The number of anilines is 1. The number of benzene rings is 1. The molecule has 8 heteroatoms. The van der Waals surface area contributed by atoms with Crippen LogP contribution in [0.15, 0.2) is 39.8 Å². The summed E-state index contributed by atoms with van der Waals surface area (Å²) in [6, 6.07) is 6.59. The minimum atomic E-state index is -3.61. The number of nitrogens with zero attached hydrogens (tertiary/aromatic N) is 2. The molecule has 1 heterocycles. The first kappa shape index (κ1) is 15.0. The van der Waals surface area contributed by atoms with Crippen molar-refractivity contribution in [1.29, 1.82) is 0 Å². The number of nitrogen functional groups attached to an aromatic ring is 1. The van der Waals surface area contributed by atoms with Crippen LogP contribution in [0.2, 0.25) is 0 Å². The smallest absolute Gasteiger partial charge is 0.242 e. The fourth-order valence-electron chi connectivity index (χ4n) is 1.78. The normalized spacial score (nSPS) is 11.7. The van der Waals surface area contributed by atoms with E-state index in [9.17, 15) is 8.42 Å². The van der Waals surface area contributed by atoms with Gasteiger partial charge in [0.1, 0.15) is 4.90 Å². The Hall–Kier alpha value is -1.38. The van der Waals surface area contributed by atoms with Crippen LogP contribution < -0.4 is 10.5 Å². The number of halogens is 1. The summed E-state index contributed by atoms with van der Waals surface area (Å²) < 4.78 is 29.3. The molecule has 0 spiro atoms. The maximum absolute atomic E-state index is 12.2. The first-order chi connectivity index (χ1) is 9.40. The van der Waals surface area contributed by atoms with Gasteiger partial charge < -0.3 is 5.73 Å². The number of nitrogens with two attached hydrogens (primary N) is 1. The van der Waals surface area contributed by atoms with E-state index >= 15 is 0 Å². The Morgan fingerprint density at radius 1 is 1.40 bits per heavy atom. The SMILES string of the molecule is Cn1nccc1CCNS(=O)(=O)c1cc(Br)ccc1N. The van der Waals surface area contributed by atoms with E-state index in [1.165, 1.54) is 6.07 Å². The minimum absolute atomic E-state index is 0.0804. The molecule has 0 aliphatic heterocycles. The van der Waals surface area contributed by atoms with Gasteiger partial charge in [0.25, 0.3) is 0 Å². The molecule has 0 aliphatic carbocycles. The van der Waals surface area contributed by atoms with E-state index in [0.717, 1.165) is 5.69 Å². The summed E-state index contributed by atoms with van der Waals surface area (Å²) in [7, 11) is -1.80. The fourth-order valence-corrected chi connectivity index (χ4v) is 3.48. The van der Waals surface area contributed by atoms with Gasteiger partial charge in [0.05, 0.1) is 5.69 Å². The summed E-state index contributed by atoms with van der Waals surface area (Å²) in [5, 5.41) is 4.03. The summed E-state index contributed by atoms with van der Waals surface area (Å²) in [5.74, 6) is 0. The van der Waals surface area contributed by atoms with Crippen LogP contribution in [0.3, 0.4) is 0 Å². The highest BCUT2D eigenvalue weighted by Crippen LogP contribution is 2.22. The molecule has 0 fully saturated rings. The lowest BCUT2D eigenvalue weighted by Gasteiger charge is -2.09. The quantitative estimate of drug-likeness (QED) is 0.787.